The van der Waals surface area contributed by atoms with Crippen LogP contribution >= 0.6 is 0 Å². The summed E-state index contributed by atoms with van der Waals surface area (Å²) >= 11 is 0. The Morgan fingerprint density at radius 1 is 1.08 bits per heavy atom. The molecule has 2 aliphatic rings. The predicted octanol–water partition coefficient (Wildman–Crippen LogP) is 5.87. The molecule has 2 fully saturated rings. The first kappa shape index (κ1) is 36.4. The second kappa shape index (κ2) is 14.7. The molecule has 0 spiro atoms. The quantitative estimate of drug-likeness (QED) is 0.138. The number of anilines is 1. The van der Waals surface area contributed by atoms with Crippen LogP contribution in [0.4, 0.5) is 15.4 Å². The Hall–Kier alpha value is -4.34. The molecule has 2 atom stereocenters. The van der Waals surface area contributed by atoms with E-state index in [9.17, 15) is 9.59 Å². The topological polar surface area (TPSA) is 132 Å². The minimum atomic E-state index is -1.15. The van der Waals surface area contributed by atoms with E-state index in [-0.39, 0.29) is 30.2 Å². The SMILES string of the molecule is CC(C)[C@H]1CN(C[C@H]2CN(C(=O)OC(C)(C)C)CCO2)C(=O)N1c1ccn2ncc(-c3ccc(-c4ncn(COCC[Si](C)(C)C)n4)cc3)c2n1. The molecule has 4 aromatic rings. The molecule has 0 aliphatic carbocycles. The fourth-order valence-electron chi connectivity index (χ4n) is 6.20. The number of carbonyl (C=O) groups is 2. The van der Waals surface area contributed by atoms with Crippen molar-refractivity contribution in [3.8, 4) is 22.5 Å². The summed E-state index contributed by atoms with van der Waals surface area (Å²) in [6.07, 6.45) is 4.64. The molecule has 274 valence electrons. The Kier molecular flexibility index (Phi) is 10.5. The molecule has 3 amide bonds. The van der Waals surface area contributed by atoms with Crippen molar-refractivity contribution >= 4 is 31.7 Å². The molecule has 2 aliphatic heterocycles. The van der Waals surface area contributed by atoms with Gasteiger partial charge in [-0.1, -0.05) is 57.8 Å². The van der Waals surface area contributed by atoms with Crippen molar-refractivity contribution in [1.82, 2.24) is 39.2 Å². The van der Waals surface area contributed by atoms with E-state index in [4.69, 9.17) is 19.2 Å². The van der Waals surface area contributed by atoms with Gasteiger partial charge in [-0.25, -0.2) is 28.8 Å². The minimum absolute atomic E-state index is 0.0956. The van der Waals surface area contributed by atoms with Crippen LogP contribution in [0, 0.1) is 5.92 Å². The lowest BCUT2D eigenvalue weighted by molar-refractivity contribution is -0.0478. The first-order chi connectivity index (χ1) is 24.1. The van der Waals surface area contributed by atoms with Gasteiger partial charge in [0, 0.05) is 45.1 Å². The number of ether oxygens (including phenoxy) is 3. The van der Waals surface area contributed by atoms with Crippen LogP contribution in [0.5, 0.6) is 0 Å². The van der Waals surface area contributed by atoms with Crippen LogP contribution < -0.4 is 4.90 Å². The zero-order chi connectivity index (χ0) is 36.5. The first-order valence-electron chi connectivity index (χ1n) is 17.8. The van der Waals surface area contributed by atoms with Crippen molar-refractivity contribution in [3.63, 3.8) is 0 Å². The molecular formula is C36H51N9O5Si. The average molecular weight is 718 g/mol. The normalized spacial score (nSPS) is 18.8. The lowest BCUT2D eigenvalue weighted by atomic mass is 10.0. The zero-order valence-electron chi connectivity index (χ0n) is 31.1. The largest absolute Gasteiger partial charge is 0.444 e. The van der Waals surface area contributed by atoms with Gasteiger partial charge in [0.15, 0.2) is 11.5 Å². The molecule has 5 heterocycles. The summed E-state index contributed by atoms with van der Waals surface area (Å²) in [5, 5.41) is 9.15. The van der Waals surface area contributed by atoms with Crippen LogP contribution in [0.1, 0.15) is 34.6 Å². The van der Waals surface area contributed by atoms with E-state index in [0.717, 1.165) is 29.3 Å². The number of amides is 3. The van der Waals surface area contributed by atoms with E-state index in [1.807, 2.05) is 62.2 Å². The maximum atomic E-state index is 14.0. The number of carbonyl (C=O) groups excluding carboxylic acids is 2. The second-order valence-corrected chi connectivity index (χ2v) is 21.6. The van der Waals surface area contributed by atoms with Crippen molar-refractivity contribution in [2.75, 3.05) is 44.3 Å². The van der Waals surface area contributed by atoms with E-state index >= 15 is 0 Å². The van der Waals surface area contributed by atoms with Crippen LogP contribution in [-0.2, 0) is 20.9 Å². The van der Waals surface area contributed by atoms with Crippen molar-refractivity contribution in [1.29, 1.82) is 0 Å². The molecule has 2 saturated heterocycles. The number of fused-ring (bicyclic) bond motifs is 1. The standard InChI is InChI=1S/C36H51N9O5Si/c1-25(2)30-22-42(21-28-20-41(15-16-49-28)35(47)50-36(3,4)5)34(46)45(30)31-13-14-44-33(39-31)29(19-38-44)26-9-11-27(12-10-26)32-37-23-43(40-32)24-48-17-18-51(6,7)8/h9-14,19,23,25,28,30H,15-18,20-22,24H2,1-8H3/t28-,30-/m1/s1. The first-order valence-corrected chi connectivity index (χ1v) is 21.5. The van der Waals surface area contributed by atoms with Gasteiger partial charge in [0.2, 0.25) is 0 Å². The van der Waals surface area contributed by atoms with Crippen LogP contribution in [0.25, 0.3) is 28.2 Å². The third-order valence-corrected chi connectivity index (χ3v) is 10.7. The summed E-state index contributed by atoms with van der Waals surface area (Å²) < 4.78 is 20.9. The van der Waals surface area contributed by atoms with Crippen molar-refractivity contribution in [3.05, 3.63) is 49.1 Å². The molecule has 0 saturated carbocycles. The van der Waals surface area contributed by atoms with E-state index in [1.54, 1.807) is 31.5 Å². The summed E-state index contributed by atoms with van der Waals surface area (Å²) in [6, 6.07) is 10.7. The molecule has 3 aromatic heterocycles. The van der Waals surface area contributed by atoms with Gasteiger partial charge in [0.25, 0.3) is 0 Å². The number of benzene rings is 1. The van der Waals surface area contributed by atoms with Gasteiger partial charge in [0.1, 0.15) is 24.5 Å². The van der Waals surface area contributed by atoms with Gasteiger partial charge in [0.05, 0.1) is 38.0 Å². The fraction of sp³-hybridized carbons (Fsp3) is 0.556. The highest BCUT2D eigenvalue weighted by atomic mass is 28.3. The monoisotopic (exact) mass is 717 g/mol. The van der Waals surface area contributed by atoms with E-state index in [1.165, 1.54) is 0 Å². The molecule has 0 bridgehead atoms. The van der Waals surface area contributed by atoms with Gasteiger partial charge >= 0.3 is 12.1 Å². The molecule has 1 aromatic carbocycles. The number of aromatic nitrogens is 6. The summed E-state index contributed by atoms with van der Waals surface area (Å²) in [6.45, 7) is 20.0. The van der Waals surface area contributed by atoms with Gasteiger partial charge in [-0.15, -0.1) is 5.10 Å². The number of urea groups is 1. The van der Waals surface area contributed by atoms with E-state index in [0.29, 0.717) is 56.8 Å². The van der Waals surface area contributed by atoms with Gasteiger partial charge in [-0.05, 0) is 44.4 Å². The summed E-state index contributed by atoms with van der Waals surface area (Å²) in [5.74, 6) is 1.37. The Morgan fingerprint density at radius 2 is 1.82 bits per heavy atom. The highest BCUT2D eigenvalue weighted by molar-refractivity contribution is 6.76. The Morgan fingerprint density at radius 3 is 2.53 bits per heavy atom. The predicted molar refractivity (Wildman–Crippen MR) is 197 cm³/mol. The zero-order valence-corrected chi connectivity index (χ0v) is 32.1. The van der Waals surface area contributed by atoms with Crippen molar-refractivity contribution < 1.29 is 23.8 Å². The van der Waals surface area contributed by atoms with Crippen LogP contribution in [0.15, 0.2) is 49.1 Å². The average Bonchev–Trinajstić information content (AvgIpc) is 3.79. The number of rotatable bonds is 11. The Labute approximate surface area is 300 Å². The Balaban J connectivity index is 1.15. The van der Waals surface area contributed by atoms with Crippen molar-refractivity contribution in [2.24, 2.45) is 5.92 Å². The molecular weight excluding hydrogens is 667 g/mol. The minimum Gasteiger partial charge on any atom is -0.444 e. The van der Waals surface area contributed by atoms with Gasteiger partial charge < -0.3 is 24.0 Å². The molecule has 0 radical (unpaired) electrons. The lowest BCUT2D eigenvalue weighted by Gasteiger charge is -2.35. The summed E-state index contributed by atoms with van der Waals surface area (Å²) in [4.78, 5) is 41.5. The van der Waals surface area contributed by atoms with Gasteiger partial charge in [-0.3, -0.25) is 4.90 Å². The summed E-state index contributed by atoms with van der Waals surface area (Å²) in [7, 11) is -1.15. The molecule has 6 rings (SSSR count). The highest BCUT2D eigenvalue weighted by Gasteiger charge is 2.42. The van der Waals surface area contributed by atoms with Crippen molar-refractivity contribution in [2.45, 2.75) is 84.8 Å². The third kappa shape index (κ3) is 8.76. The maximum Gasteiger partial charge on any atom is 0.410 e. The molecule has 14 nitrogen and oxygen atoms in total. The van der Waals surface area contributed by atoms with Gasteiger partial charge in [-0.2, -0.15) is 5.10 Å². The Bertz CT molecular complexity index is 1830. The third-order valence-electron chi connectivity index (χ3n) is 9.01. The molecule has 51 heavy (non-hydrogen) atoms. The molecule has 0 unspecified atom stereocenters. The second-order valence-electron chi connectivity index (χ2n) is 15.9. The maximum absolute atomic E-state index is 14.0. The van der Waals surface area contributed by atoms with E-state index < -0.39 is 13.7 Å². The number of nitrogens with zero attached hydrogens (tertiary/aromatic N) is 9. The summed E-state index contributed by atoms with van der Waals surface area (Å²) in [5.41, 5.74) is 2.74. The number of hydrogen-bond acceptors (Lipinski definition) is 9. The highest BCUT2D eigenvalue weighted by Crippen LogP contribution is 2.31. The lowest BCUT2D eigenvalue weighted by Crippen LogP contribution is -2.51. The van der Waals surface area contributed by atoms with Crippen LogP contribution in [0.2, 0.25) is 25.7 Å². The molecule has 15 heteroatoms. The number of hydrogen-bond donors (Lipinski definition) is 0. The van der Waals surface area contributed by atoms with Crippen LogP contribution in [-0.4, -0.2) is 117 Å². The number of morpholine rings is 1. The van der Waals surface area contributed by atoms with E-state index in [2.05, 4.69) is 48.7 Å². The fourth-order valence-corrected chi connectivity index (χ4v) is 6.96. The van der Waals surface area contributed by atoms with Crippen LogP contribution in [0.3, 0.4) is 0 Å². The smallest absolute Gasteiger partial charge is 0.410 e. The molecule has 0 N–H and O–H groups in total.